The van der Waals surface area contributed by atoms with Gasteiger partial charge in [0.2, 0.25) is 0 Å². The van der Waals surface area contributed by atoms with Crippen LogP contribution in [-0.2, 0) is 27.3 Å². The van der Waals surface area contributed by atoms with Gasteiger partial charge in [0, 0.05) is 6.61 Å². The van der Waals surface area contributed by atoms with Gasteiger partial charge in [-0.05, 0) is 31.0 Å². The number of carbonyl (C=O) groups excluding carboxylic acids is 1. The topological polar surface area (TPSA) is 72.8 Å². The Morgan fingerprint density at radius 1 is 1.21 bits per heavy atom. The third kappa shape index (κ3) is 4.71. The second-order valence-corrected chi connectivity index (χ2v) is 3.92. The van der Waals surface area contributed by atoms with E-state index in [0.717, 1.165) is 0 Å². The Hall–Kier alpha value is -1.88. The maximum Gasteiger partial charge on any atom is 0.338 e. The van der Waals surface area contributed by atoms with Crippen LogP contribution in [-0.4, -0.2) is 30.3 Å². The Kier molecular flexibility index (Phi) is 6.02. The molecule has 104 valence electrons. The standard InChI is InChI=1S/C14H18O5/c1-3-18-9-11-7-10(8-13(15)16)5-6-12(11)14(17)19-4-2/h5-7H,3-4,8-9H2,1-2H3,(H,15,16). The number of carboxylic acids is 1. The molecular formula is C14H18O5. The second kappa shape index (κ2) is 7.53. The van der Waals surface area contributed by atoms with Crippen LogP contribution in [0.1, 0.15) is 35.3 Å². The van der Waals surface area contributed by atoms with Crippen molar-refractivity contribution in [2.24, 2.45) is 0 Å². The van der Waals surface area contributed by atoms with E-state index in [1.165, 1.54) is 0 Å². The van der Waals surface area contributed by atoms with Crippen molar-refractivity contribution in [1.29, 1.82) is 0 Å². The van der Waals surface area contributed by atoms with Gasteiger partial charge in [0.15, 0.2) is 0 Å². The lowest BCUT2D eigenvalue weighted by Gasteiger charge is -2.10. The number of benzene rings is 1. The van der Waals surface area contributed by atoms with Gasteiger partial charge in [-0.2, -0.15) is 0 Å². The molecule has 0 atom stereocenters. The zero-order valence-corrected chi connectivity index (χ0v) is 11.1. The summed E-state index contributed by atoms with van der Waals surface area (Å²) in [6.07, 6.45) is -0.0811. The molecule has 0 aliphatic rings. The van der Waals surface area contributed by atoms with Gasteiger partial charge in [-0.15, -0.1) is 0 Å². The van der Waals surface area contributed by atoms with Crippen LogP contribution in [0.5, 0.6) is 0 Å². The van der Waals surface area contributed by atoms with Gasteiger partial charge >= 0.3 is 11.9 Å². The minimum Gasteiger partial charge on any atom is -0.481 e. The lowest BCUT2D eigenvalue weighted by molar-refractivity contribution is -0.136. The quantitative estimate of drug-likeness (QED) is 0.764. The van der Waals surface area contributed by atoms with E-state index in [2.05, 4.69) is 0 Å². The van der Waals surface area contributed by atoms with Gasteiger partial charge in [0.05, 0.1) is 25.2 Å². The van der Waals surface area contributed by atoms with E-state index in [1.54, 1.807) is 25.1 Å². The molecule has 5 nitrogen and oxygen atoms in total. The fraction of sp³-hybridized carbons (Fsp3) is 0.429. The van der Waals surface area contributed by atoms with Crippen LogP contribution in [0.3, 0.4) is 0 Å². The summed E-state index contributed by atoms with van der Waals surface area (Å²) >= 11 is 0. The second-order valence-electron chi connectivity index (χ2n) is 3.92. The SMILES string of the molecule is CCOCc1cc(CC(=O)O)ccc1C(=O)OCC. The highest BCUT2D eigenvalue weighted by atomic mass is 16.5. The van der Waals surface area contributed by atoms with Gasteiger partial charge in [-0.1, -0.05) is 12.1 Å². The van der Waals surface area contributed by atoms with Crippen LogP contribution in [0.4, 0.5) is 0 Å². The number of aliphatic carboxylic acids is 1. The zero-order valence-electron chi connectivity index (χ0n) is 11.1. The van der Waals surface area contributed by atoms with Crippen molar-refractivity contribution in [2.45, 2.75) is 26.9 Å². The molecule has 5 heteroatoms. The van der Waals surface area contributed by atoms with Gasteiger partial charge < -0.3 is 14.6 Å². The molecule has 1 N–H and O–H groups in total. The van der Waals surface area contributed by atoms with Crippen LogP contribution < -0.4 is 0 Å². The van der Waals surface area contributed by atoms with Gasteiger partial charge in [-0.25, -0.2) is 4.79 Å². The van der Waals surface area contributed by atoms with Crippen molar-refractivity contribution in [3.63, 3.8) is 0 Å². The molecule has 0 amide bonds. The van der Waals surface area contributed by atoms with E-state index in [4.69, 9.17) is 14.6 Å². The fourth-order valence-corrected chi connectivity index (χ4v) is 1.67. The van der Waals surface area contributed by atoms with E-state index in [0.29, 0.717) is 29.9 Å². The van der Waals surface area contributed by atoms with Crippen molar-refractivity contribution >= 4 is 11.9 Å². The minimum absolute atomic E-state index is 0.0811. The molecule has 0 unspecified atom stereocenters. The summed E-state index contributed by atoms with van der Waals surface area (Å²) in [5.74, 6) is -1.33. The van der Waals surface area contributed by atoms with E-state index in [1.807, 2.05) is 6.92 Å². The van der Waals surface area contributed by atoms with Crippen LogP contribution in [0, 0.1) is 0 Å². The zero-order chi connectivity index (χ0) is 14.3. The van der Waals surface area contributed by atoms with Gasteiger partial charge in [0.1, 0.15) is 0 Å². The highest BCUT2D eigenvalue weighted by Crippen LogP contribution is 2.15. The Balaban J connectivity index is 3.01. The van der Waals surface area contributed by atoms with Crippen LogP contribution >= 0.6 is 0 Å². The number of rotatable bonds is 7. The Bertz CT molecular complexity index is 453. The number of hydrogen-bond acceptors (Lipinski definition) is 4. The number of carboxylic acid groups (broad SMARTS) is 1. The number of ether oxygens (including phenoxy) is 2. The summed E-state index contributed by atoms with van der Waals surface area (Å²) in [4.78, 5) is 22.5. The van der Waals surface area contributed by atoms with Crippen molar-refractivity contribution in [3.8, 4) is 0 Å². The highest BCUT2D eigenvalue weighted by molar-refractivity contribution is 5.91. The molecular weight excluding hydrogens is 248 g/mol. The summed E-state index contributed by atoms with van der Waals surface area (Å²) in [6.45, 7) is 4.66. The lowest BCUT2D eigenvalue weighted by atomic mass is 10.0. The smallest absolute Gasteiger partial charge is 0.338 e. The van der Waals surface area contributed by atoms with Crippen molar-refractivity contribution in [1.82, 2.24) is 0 Å². The predicted octanol–water partition coefficient (Wildman–Crippen LogP) is 2.03. The van der Waals surface area contributed by atoms with Crippen molar-refractivity contribution in [3.05, 3.63) is 34.9 Å². The fourth-order valence-electron chi connectivity index (χ4n) is 1.67. The lowest BCUT2D eigenvalue weighted by Crippen LogP contribution is -2.10. The minimum atomic E-state index is -0.911. The molecule has 0 spiro atoms. The van der Waals surface area contributed by atoms with Crippen molar-refractivity contribution in [2.75, 3.05) is 13.2 Å². The summed E-state index contributed by atoms with van der Waals surface area (Å²) in [5, 5.41) is 8.77. The molecule has 0 saturated heterocycles. The number of esters is 1. The summed E-state index contributed by atoms with van der Waals surface area (Å²) in [7, 11) is 0. The van der Waals surface area contributed by atoms with E-state index in [-0.39, 0.29) is 13.0 Å². The molecule has 0 radical (unpaired) electrons. The highest BCUT2D eigenvalue weighted by Gasteiger charge is 2.14. The molecule has 0 heterocycles. The third-order valence-electron chi connectivity index (χ3n) is 2.48. The molecule has 0 aromatic heterocycles. The molecule has 0 aliphatic heterocycles. The first-order valence-electron chi connectivity index (χ1n) is 6.16. The van der Waals surface area contributed by atoms with Gasteiger partial charge in [0.25, 0.3) is 0 Å². The Labute approximate surface area is 112 Å². The Morgan fingerprint density at radius 3 is 2.53 bits per heavy atom. The van der Waals surface area contributed by atoms with Crippen LogP contribution in [0.15, 0.2) is 18.2 Å². The largest absolute Gasteiger partial charge is 0.481 e. The third-order valence-corrected chi connectivity index (χ3v) is 2.48. The molecule has 19 heavy (non-hydrogen) atoms. The average molecular weight is 266 g/mol. The van der Waals surface area contributed by atoms with E-state index < -0.39 is 11.9 Å². The van der Waals surface area contributed by atoms with Crippen LogP contribution in [0.2, 0.25) is 0 Å². The predicted molar refractivity (Wildman–Crippen MR) is 69.1 cm³/mol. The van der Waals surface area contributed by atoms with Crippen LogP contribution in [0.25, 0.3) is 0 Å². The first kappa shape index (κ1) is 15.2. The maximum atomic E-state index is 11.8. The first-order chi connectivity index (χ1) is 9.08. The maximum absolute atomic E-state index is 11.8. The molecule has 1 rings (SSSR count). The molecule has 0 bridgehead atoms. The first-order valence-corrected chi connectivity index (χ1v) is 6.16. The molecule has 0 saturated carbocycles. The normalized spacial score (nSPS) is 10.2. The summed E-state index contributed by atoms with van der Waals surface area (Å²) < 4.78 is 10.3. The Morgan fingerprint density at radius 2 is 1.95 bits per heavy atom. The summed E-state index contributed by atoms with van der Waals surface area (Å²) in [5.41, 5.74) is 1.71. The molecule has 1 aromatic carbocycles. The number of carbonyl (C=O) groups is 2. The average Bonchev–Trinajstić information content (AvgIpc) is 2.36. The van der Waals surface area contributed by atoms with E-state index >= 15 is 0 Å². The van der Waals surface area contributed by atoms with E-state index in [9.17, 15) is 9.59 Å². The monoisotopic (exact) mass is 266 g/mol. The number of hydrogen-bond donors (Lipinski definition) is 1. The molecule has 1 aromatic rings. The molecule has 0 fully saturated rings. The summed E-state index contributed by atoms with van der Waals surface area (Å²) in [6, 6.07) is 4.89. The van der Waals surface area contributed by atoms with Crippen molar-refractivity contribution < 1.29 is 24.2 Å². The van der Waals surface area contributed by atoms with Gasteiger partial charge in [-0.3, -0.25) is 4.79 Å². The molecule has 0 aliphatic carbocycles.